The number of anilines is 1. The van der Waals surface area contributed by atoms with Crippen LogP contribution in [0.2, 0.25) is 0 Å². The number of rotatable bonds is 3. The fourth-order valence-corrected chi connectivity index (χ4v) is 1.89. The van der Waals surface area contributed by atoms with Gasteiger partial charge in [0.15, 0.2) is 0 Å². The first-order valence-corrected chi connectivity index (χ1v) is 6.61. The lowest BCUT2D eigenvalue weighted by molar-refractivity contribution is 0.101. The highest BCUT2D eigenvalue weighted by Crippen LogP contribution is 2.15. The summed E-state index contributed by atoms with van der Waals surface area (Å²) >= 11 is 0. The number of amides is 1. The van der Waals surface area contributed by atoms with Gasteiger partial charge in [0.05, 0.1) is 6.61 Å². The number of nitrogens with zero attached hydrogens (tertiary/aromatic N) is 2. The third-order valence-corrected chi connectivity index (χ3v) is 3.00. The molecule has 0 fully saturated rings. The van der Waals surface area contributed by atoms with Crippen molar-refractivity contribution in [1.29, 1.82) is 0 Å². The third-order valence-electron chi connectivity index (χ3n) is 3.00. The topological polar surface area (TPSA) is 67.2 Å². The molecule has 1 amide bonds. The molecule has 0 saturated heterocycles. The normalized spacial score (nSPS) is 9.86. The molecule has 0 saturated carbocycles. The molecule has 0 unspecified atom stereocenters. The molecule has 1 aromatic carbocycles. The Morgan fingerprint density at radius 1 is 1.43 bits per heavy atom. The Kier molecular flexibility index (Phi) is 4.75. The van der Waals surface area contributed by atoms with Gasteiger partial charge in [0, 0.05) is 30.9 Å². The standard InChI is InChI=1S/C16H17N3O2/c1-12-11-14(7-6-13(12)5-3-4-10-20)18-16(21)15-8-9-17-19(15)2/h6-9,11,20H,4,10H2,1-2H3,(H,18,21). The van der Waals surface area contributed by atoms with Crippen molar-refractivity contribution >= 4 is 11.6 Å². The van der Waals surface area contributed by atoms with Gasteiger partial charge in [-0.2, -0.15) is 5.10 Å². The number of hydrogen-bond donors (Lipinski definition) is 2. The lowest BCUT2D eigenvalue weighted by Gasteiger charge is -2.07. The molecule has 2 N–H and O–H groups in total. The van der Waals surface area contributed by atoms with E-state index in [1.54, 1.807) is 19.3 Å². The molecule has 2 aromatic rings. The third kappa shape index (κ3) is 3.71. The summed E-state index contributed by atoms with van der Waals surface area (Å²) in [5.74, 6) is 5.68. The van der Waals surface area contributed by atoms with Crippen LogP contribution in [0.1, 0.15) is 28.0 Å². The number of carbonyl (C=O) groups is 1. The van der Waals surface area contributed by atoms with E-state index >= 15 is 0 Å². The number of hydrogen-bond acceptors (Lipinski definition) is 3. The van der Waals surface area contributed by atoms with E-state index in [4.69, 9.17) is 5.11 Å². The van der Waals surface area contributed by atoms with E-state index in [0.29, 0.717) is 17.8 Å². The predicted octanol–water partition coefficient (Wildman–Crippen LogP) is 1.71. The van der Waals surface area contributed by atoms with E-state index in [0.717, 1.165) is 11.1 Å². The second kappa shape index (κ2) is 6.73. The number of nitrogens with one attached hydrogen (secondary N) is 1. The van der Waals surface area contributed by atoms with Crippen LogP contribution >= 0.6 is 0 Å². The summed E-state index contributed by atoms with van der Waals surface area (Å²) in [6.07, 6.45) is 2.04. The highest BCUT2D eigenvalue weighted by atomic mass is 16.2. The van der Waals surface area contributed by atoms with Crippen LogP contribution < -0.4 is 5.32 Å². The number of aryl methyl sites for hydroxylation is 2. The van der Waals surface area contributed by atoms with Gasteiger partial charge in [0.1, 0.15) is 5.69 Å². The van der Waals surface area contributed by atoms with E-state index in [1.165, 1.54) is 4.68 Å². The second-order valence-corrected chi connectivity index (χ2v) is 4.60. The Balaban J connectivity index is 2.12. The lowest BCUT2D eigenvalue weighted by Crippen LogP contribution is -2.16. The van der Waals surface area contributed by atoms with Crippen molar-refractivity contribution in [3.63, 3.8) is 0 Å². The molecule has 0 aliphatic rings. The number of benzene rings is 1. The first-order chi connectivity index (χ1) is 10.1. The summed E-state index contributed by atoms with van der Waals surface area (Å²) < 4.78 is 1.52. The number of aromatic nitrogens is 2. The van der Waals surface area contributed by atoms with Crippen molar-refractivity contribution < 1.29 is 9.90 Å². The van der Waals surface area contributed by atoms with Crippen LogP contribution in [0, 0.1) is 18.8 Å². The zero-order valence-corrected chi connectivity index (χ0v) is 12.1. The molecule has 0 bridgehead atoms. The molecule has 108 valence electrons. The maximum atomic E-state index is 12.1. The molecule has 0 aliphatic carbocycles. The van der Waals surface area contributed by atoms with E-state index in [2.05, 4.69) is 22.3 Å². The minimum atomic E-state index is -0.200. The highest BCUT2D eigenvalue weighted by molar-refractivity contribution is 6.03. The van der Waals surface area contributed by atoms with Gasteiger partial charge in [0.25, 0.3) is 5.91 Å². The largest absolute Gasteiger partial charge is 0.395 e. The predicted molar refractivity (Wildman–Crippen MR) is 80.9 cm³/mol. The molecule has 1 aromatic heterocycles. The lowest BCUT2D eigenvalue weighted by atomic mass is 10.1. The van der Waals surface area contributed by atoms with Crippen molar-refractivity contribution in [3.8, 4) is 11.8 Å². The van der Waals surface area contributed by atoms with Crippen molar-refractivity contribution in [3.05, 3.63) is 47.3 Å². The van der Waals surface area contributed by atoms with Crippen LogP contribution in [0.15, 0.2) is 30.5 Å². The van der Waals surface area contributed by atoms with Crippen LogP contribution in [0.4, 0.5) is 5.69 Å². The van der Waals surface area contributed by atoms with E-state index in [-0.39, 0.29) is 12.5 Å². The monoisotopic (exact) mass is 283 g/mol. The molecule has 21 heavy (non-hydrogen) atoms. The Morgan fingerprint density at radius 3 is 2.86 bits per heavy atom. The van der Waals surface area contributed by atoms with Gasteiger partial charge >= 0.3 is 0 Å². The highest BCUT2D eigenvalue weighted by Gasteiger charge is 2.10. The summed E-state index contributed by atoms with van der Waals surface area (Å²) in [6, 6.07) is 7.21. The van der Waals surface area contributed by atoms with Crippen molar-refractivity contribution in [2.45, 2.75) is 13.3 Å². The first-order valence-electron chi connectivity index (χ1n) is 6.61. The minimum Gasteiger partial charge on any atom is -0.395 e. The summed E-state index contributed by atoms with van der Waals surface area (Å²) in [5.41, 5.74) is 3.08. The Bertz CT molecular complexity index is 708. The molecule has 1 heterocycles. The van der Waals surface area contributed by atoms with Gasteiger partial charge < -0.3 is 10.4 Å². The molecular formula is C16H17N3O2. The van der Waals surface area contributed by atoms with Crippen molar-refractivity contribution in [2.24, 2.45) is 7.05 Å². The zero-order chi connectivity index (χ0) is 15.2. The van der Waals surface area contributed by atoms with E-state index in [1.807, 2.05) is 25.1 Å². The summed E-state index contributed by atoms with van der Waals surface area (Å²) in [6.45, 7) is 1.99. The fourth-order valence-electron chi connectivity index (χ4n) is 1.89. The summed E-state index contributed by atoms with van der Waals surface area (Å²) in [7, 11) is 1.72. The van der Waals surface area contributed by atoms with Gasteiger partial charge in [-0.25, -0.2) is 0 Å². The molecule has 0 atom stereocenters. The van der Waals surface area contributed by atoms with Crippen molar-refractivity contribution in [1.82, 2.24) is 9.78 Å². The maximum absolute atomic E-state index is 12.1. The molecule has 0 spiro atoms. The van der Waals surface area contributed by atoms with Gasteiger partial charge in [-0.05, 0) is 36.8 Å². The van der Waals surface area contributed by atoms with Crippen molar-refractivity contribution in [2.75, 3.05) is 11.9 Å². The maximum Gasteiger partial charge on any atom is 0.273 e. The van der Waals surface area contributed by atoms with Gasteiger partial charge in [-0.1, -0.05) is 11.8 Å². The van der Waals surface area contributed by atoms with Gasteiger partial charge in [-0.15, -0.1) is 0 Å². The molecule has 0 radical (unpaired) electrons. The average molecular weight is 283 g/mol. The molecule has 2 rings (SSSR count). The van der Waals surface area contributed by atoms with E-state index in [9.17, 15) is 4.79 Å². The SMILES string of the molecule is Cc1cc(NC(=O)c2ccnn2C)ccc1C#CCCO. The summed E-state index contributed by atoms with van der Waals surface area (Å²) in [5, 5.41) is 15.5. The minimum absolute atomic E-state index is 0.0604. The van der Waals surface area contributed by atoms with Crippen LogP contribution in [-0.4, -0.2) is 27.4 Å². The van der Waals surface area contributed by atoms with Crippen LogP contribution in [0.3, 0.4) is 0 Å². The molecule has 0 aliphatic heterocycles. The van der Waals surface area contributed by atoms with Crippen LogP contribution in [-0.2, 0) is 7.05 Å². The average Bonchev–Trinajstić information content (AvgIpc) is 2.88. The Hall–Kier alpha value is -2.58. The summed E-state index contributed by atoms with van der Waals surface area (Å²) in [4.78, 5) is 12.1. The molecular weight excluding hydrogens is 266 g/mol. The van der Waals surface area contributed by atoms with Crippen LogP contribution in [0.25, 0.3) is 0 Å². The molecule has 5 heteroatoms. The van der Waals surface area contributed by atoms with E-state index < -0.39 is 0 Å². The quantitative estimate of drug-likeness (QED) is 0.843. The Labute approximate surface area is 123 Å². The van der Waals surface area contributed by atoms with Gasteiger partial charge in [0.2, 0.25) is 0 Å². The van der Waals surface area contributed by atoms with Gasteiger partial charge in [-0.3, -0.25) is 9.48 Å². The van der Waals surface area contributed by atoms with Crippen LogP contribution in [0.5, 0.6) is 0 Å². The Morgan fingerprint density at radius 2 is 2.24 bits per heavy atom. The second-order valence-electron chi connectivity index (χ2n) is 4.60. The number of aliphatic hydroxyl groups excluding tert-OH is 1. The number of aliphatic hydroxyl groups is 1. The fraction of sp³-hybridized carbons (Fsp3) is 0.250. The molecule has 5 nitrogen and oxygen atoms in total. The number of carbonyl (C=O) groups excluding carboxylic acids is 1. The smallest absolute Gasteiger partial charge is 0.273 e. The first kappa shape index (κ1) is 14.8. The zero-order valence-electron chi connectivity index (χ0n) is 12.1.